The standard InChI is InChI=1S/C28H31F3N2O4/c1-27(2,3)37-26(34)32-17-5-4-6-20-9-14-24(15-10-20)35-18-23-19-36-25(33-23)16-11-21-7-12-22(13-8-21)28(29,30)31/h7-16,19H,4-6,17-18H2,1-3H3,(H,32,34). The van der Waals surface area contributed by atoms with Gasteiger partial charge in [-0.15, -0.1) is 0 Å². The van der Waals surface area contributed by atoms with Crippen molar-refractivity contribution in [2.75, 3.05) is 6.54 Å². The molecule has 0 aliphatic carbocycles. The maximum absolute atomic E-state index is 12.7. The molecule has 1 N–H and O–H groups in total. The molecule has 6 nitrogen and oxygen atoms in total. The fourth-order valence-electron chi connectivity index (χ4n) is 3.28. The van der Waals surface area contributed by atoms with E-state index in [9.17, 15) is 18.0 Å². The van der Waals surface area contributed by atoms with Gasteiger partial charge in [-0.25, -0.2) is 9.78 Å². The SMILES string of the molecule is CC(C)(C)OC(=O)NCCCCc1ccc(OCc2coc(C=Cc3ccc(C(F)(F)F)cc3)n2)cc1. The van der Waals surface area contributed by atoms with Crippen LogP contribution in [0.4, 0.5) is 18.0 Å². The Bertz CT molecular complexity index is 1160. The molecule has 0 bridgehead atoms. The number of benzene rings is 2. The van der Waals surface area contributed by atoms with E-state index in [0.29, 0.717) is 29.4 Å². The molecule has 2 aromatic carbocycles. The summed E-state index contributed by atoms with van der Waals surface area (Å²) in [6, 6.07) is 12.6. The number of hydrogen-bond acceptors (Lipinski definition) is 5. The third-order valence-electron chi connectivity index (χ3n) is 5.10. The number of hydrogen-bond donors (Lipinski definition) is 1. The van der Waals surface area contributed by atoms with Crippen LogP contribution >= 0.6 is 0 Å². The Morgan fingerprint density at radius 1 is 1.00 bits per heavy atom. The zero-order valence-corrected chi connectivity index (χ0v) is 21.1. The summed E-state index contributed by atoms with van der Waals surface area (Å²) in [5.41, 5.74) is 1.17. The molecule has 0 unspecified atom stereocenters. The third kappa shape index (κ3) is 10.0. The molecule has 0 fully saturated rings. The van der Waals surface area contributed by atoms with Crippen molar-refractivity contribution in [3.05, 3.63) is 83.1 Å². The van der Waals surface area contributed by atoms with E-state index in [2.05, 4.69) is 10.3 Å². The first-order valence-electron chi connectivity index (χ1n) is 12.0. The van der Waals surface area contributed by atoms with Gasteiger partial charge in [0.05, 0.1) is 5.56 Å². The van der Waals surface area contributed by atoms with Crippen LogP contribution in [0.5, 0.6) is 5.75 Å². The zero-order valence-electron chi connectivity index (χ0n) is 21.1. The summed E-state index contributed by atoms with van der Waals surface area (Å²) in [5, 5.41) is 2.76. The number of oxazole rings is 1. The van der Waals surface area contributed by atoms with Crippen LogP contribution in [0.1, 0.15) is 61.9 Å². The number of ether oxygens (including phenoxy) is 2. The maximum atomic E-state index is 12.7. The highest BCUT2D eigenvalue weighted by atomic mass is 19.4. The Hall–Kier alpha value is -3.75. The van der Waals surface area contributed by atoms with Crippen LogP contribution in [0.15, 0.2) is 59.2 Å². The molecule has 0 aliphatic rings. The van der Waals surface area contributed by atoms with Crippen molar-refractivity contribution in [3.8, 4) is 5.75 Å². The fraction of sp³-hybridized carbons (Fsp3) is 0.357. The summed E-state index contributed by atoms with van der Waals surface area (Å²) in [5.74, 6) is 1.02. The molecule has 3 aromatic rings. The monoisotopic (exact) mass is 516 g/mol. The van der Waals surface area contributed by atoms with Crippen molar-refractivity contribution in [2.45, 2.75) is 58.4 Å². The lowest BCUT2D eigenvalue weighted by molar-refractivity contribution is -0.137. The van der Waals surface area contributed by atoms with Crippen LogP contribution in [0.2, 0.25) is 0 Å². The Kier molecular flexibility index (Phi) is 9.38. The lowest BCUT2D eigenvalue weighted by Gasteiger charge is -2.19. The molecule has 37 heavy (non-hydrogen) atoms. The zero-order chi connectivity index (χ0) is 26.9. The van der Waals surface area contributed by atoms with E-state index in [4.69, 9.17) is 13.9 Å². The molecule has 1 aromatic heterocycles. The molecule has 3 rings (SSSR count). The minimum atomic E-state index is -4.36. The number of nitrogens with one attached hydrogen (secondary N) is 1. The first-order valence-corrected chi connectivity index (χ1v) is 12.0. The minimum Gasteiger partial charge on any atom is -0.487 e. The van der Waals surface area contributed by atoms with Gasteiger partial charge in [0.15, 0.2) is 0 Å². The van der Waals surface area contributed by atoms with Gasteiger partial charge in [0.1, 0.15) is 29.9 Å². The number of amides is 1. The number of carbonyl (C=O) groups excluding carboxylic acids is 1. The third-order valence-corrected chi connectivity index (χ3v) is 5.10. The molecule has 0 saturated carbocycles. The van der Waals surface area contributed by atoms with E-state index in [0.717, 1.165) is 31.4 Å². The van der Waals surface area contributed by atoms with E-state index in [1.807, 2.05) is 45.0 Å². The topological polar surface area (TPSA) is 73.6 Å². The lowest BCUT2D eigenvalue weighted by atomic mass is 10.1. The number of aromatic nitrogens is 1. The minimum absolute atomic E-state index is 0.216. The van der Waals surface area contributed by atoms with Crippen molar-refractivity contribution >= 4 is 18.2 Å². The summed E-state index contributed by atoms with van der Waals surface area (Å²) in [4.78, 5) is 15.9. The summed E-state index contributed by atoms with van der Waals surface area (Å²) >= 11 is 0. The molecule has 1 amide bonds. The van der Waals surface area contributed by atoms with Crippen LogP contribution in [0.25, 0.3) is 12.2 Å². The van der Waals surface area contributed by atoms with Crippen molar-refractivity contribution < 1.29 is 31.9 Å². The molecule has 0 spiro atoms. The second kappa shape index (κ2) is 12.5. The average molecular weight is 517 g/mol. The Morgan fingerprint density at radius 3 is 2.35 bits per heavy atom. The van der Waals surface area contributed by atoms with Crippen LogP contribution in [-0.4, -0.2) is 23.2 Å². The van der Waals surface area contributed by atoms with Gasteiger partial charge < -0.3 is 19.2 Å². The predicted molar refractivity (Wildman–Crippen MR) is 135 cm³/mol. The maximum Gasteiger partial charge on any atom is 0.416 e. The van der Waals surface area contributed by atoms with Gasteiger partial charge in [0, 0.05) is 12.6 Å². The van der Waals surface area contributed by atoms with Gasteiger partial charge in [-0.05, 0) is 81.5 Å². The highest BCUT2D eigenvalue weighted by Crippen LogP contribution is 2.29. The van der Waals surface area contributed by atoms with Crippen LogP contribution in [-0.2, 0) is 23.9 Å². The highest BCUT2D eigenvalue weighted by Gasteiger charge is 2.29. The predicted octanol–water partition coefficient (Wildman–Crippen LogP) is 7.29. The van der Waals surface area contributed by atoms with Crippen molar-refractivity contribution in [1.82, 2.24) is 10.3 Å². The van der Waals surface area contributed by atoms with Crippen molar-refractivity contribution in [2.24, 2.45) is 0 Å². The van der Waals surface area contributed by atoms with E-state index in [-0.39, 0.29) is 6.61 Å². The first kappa shape index (κ1) is 27.8. The number of alkyl halides is 3. The quantitative estimate of drug-likeness (QED) is 0.287. The van der Waals surface area contributed by atoms with E-state index in [1.165, 1.54) is 24.0 Å². The normalized spacial score (nSPS) is 12.1. The van der Waals surface area contributed by atoms with Crippen molar-refractivity contribution in [1.29, 1.82) is 0 Å². The molecule has 1 heterocycles. The summed E-state index contributed by atoms with van der Waals surface area (Å²) < 4.78 is 54.3. The summed E-state index contributed by atoms with van der Waals surface area (Å²) in [6.07, 6.45) is 2.59. The van der Waals surface area contributed by atoms with Gasteiger partial charge in [-0.2, -0.15) is 13.2 Å². The van der Waals surface area contributed by atoms with Gasteiger partial charge >= 0.3 is 12.3 Å². The fourth-order valence-corrected chi connectivity index (χ4v) is 3.28. The molecule has 0 radical (unpaired) electrons. The highest BCUT2D eigenvalue weighted by molar-refractivity contribution is 5.67. The number of alkyl carbamates (subject to hydrolysis) is 1. The number of rotatable bonds is 10. The van der Waals surface area contributed by atoms with Crippen LogP contribution in [0, 0.1) is 0 Å². The van der Waals surface area contributed by atoms with E-state index < -0.39 is 23.4 Å². The van der Waals surface area contributed by atoms with Gasteiger partial charge in [-0.1, -0.05) is 24.3 Å². The van der Waals surface area contributed by atoms with E-state index in [1.54, 1.807) is 12.2 Å². The molecule has 0 aliphatic heterocycles. The molecule has 198 valence electrons. The number of carbonyl (C=O) groups is 1. The second-order valence-corrected chi connectivity index (χ2v) is 9.45. The average Bonchev–Trinajstić information content (AvgIpc) is 3.28. The Balaban J connectivity index is 1.38. The molecule has 0 saturated heterocycles. The van der Waals surface area contributed by atoms with Gasteiger partial charge in [0.25, 0.3) is 0 Å². The first-order chi connectivity index (χ1) is 17.5. The number of aryl methyl sites for hydroxylation is 1. The molecule has 0 atom stereocenters. The summed E-state index contributed by atoms with van der Waals surface area (Å²) in [6.45, 7) is 6.27. The second-order valence-electron chi connectivity index (χ2n) is 9.45. The largest absolute Gasteiger partial charge is 0.487 e. The van der Waals surface area contributed by atoms with E-state index >= 15 is 0 Å². The van der Waals surface area contributed by atoms with Gasteiger partial charge in [0.2, 0.25) is 5.89 Å². The lowest BCUT2D eigenvalue weighted by Crippen LogP contribution is -2.33. The van der Waals surface area contributed by atoms with Crippen molar-refractivity contribution in [3.63, 3.8) is 0 Å². The number of halogens is 3. The Labute approximate surface area is 214 Å². The van der Waals surface area contributed by atoms with Crippen LogP contribution < -0.4 is 10.1 Å². The smallest absolute Gasteiger partial charge is 0.416 e. The number of nitrogens with zero attached hydrogens (tertiary/aromatic N) is 1. The molecular weight excluding hydrogens is 485 g/mol. The van der Waals surface area contributed by atoms with Gasteiger partial charge in [-0.3, -0.25) is 0 Å². The Morgan fingerprint density at radius 2 is 1.70 bits per heavy atom. The van der Waals surface area contributed by atoms with Crippen LogP contribution in [0.3, 0.4) is 0 Å². The molecular formula is C28H31F3N2O4. The molecule has 9 heteroatoms. The summed E-state index contributed by atoms with van der Waals surface area (Å²) in [7, 11) is 0. The number of unbranched alkanes of at least 4 members (excludes halogenated alkanes) is 1.